The Morgan fingerprint density at radius 1 is 1.05 bits per heavy atom. The van der Waals surface area contributed by atoms with Crippen LogP contribution in [-0.4, -0.2) is 7.11 Å². The molecular weight excluding hydrogens is 335 g/mol. The number of methoxy groups -OCH3 is 1. The SMILES string of the molecule is COc1ccc2c(c1)-c1ccccc1C2C1=[C-]CC=C1.[Zr]. The molecule has 0 radical (unpaired) electrons. The molecule has 2 aromatic carbocycles. The molecule has 1 unspecified atom stereocenters. The van der Waals surface area contributed by atoms with Crippen LogP contribution in [0, 0.1) is 6.08 Å². The van der Waals surface area contributed by atoms with Crippen LogP contribution in [-0.2, 0) is 26.2 Å². The molecule has 0 amide bonds. The summed E-state index contributed by atoms with van der Waals surface area (Å²) >= 11 is 0. The molecule has 21 heavy (non-hydrogen) atoms. The Morgan fingerprint density at radius 3 is 2.62 bits per heavy atom. The third-order valence-corrected chi connectivity index (χ3v) is 4.17. The van der Waals surface area contributed by atoms with Gasteiger partial charge >= 0.3 is 0 Å². The molecule has 0 saturated carbocycles. The second-order valence-electron chi connectivity index (χ2n) is 5.21. The molecule has 0 spiro atoms. The Morgan fingerprint density at radius 2 is 1.86 bits per heavy atom. The zero-order chi connectivity index (χ0) is 13.5. The molecule has 0 aliphatic heterocycles. The normalized spacial score (nSPS) is 17.8. The Bertz CT molecular complexity index is 743. The third-order valence-electron chi connectivity index (χ3n) is 4.17. The number of allylic oxidation sites excluding steroid dienone is 4. The first-order valence-electron chi connectivity index (χ1n) is 6.93. The molecule has 0 heterocycles. The standard InChI is InChI=1S/C19H15O.Zr/c1-20-14-10-11-17-18(12-14)15-8-4-5-9-16(15)19(17)13-6-2-3-7-13;/h2,4-6,8-12,19H,3H2,1H3;/q-1;. The number of hydrogen-bond donors (Lipinski definition) is 0. The van der Waals surface area contributed by atoms with Gasteiger partial charge in [-0.3, -0.25) is 6.08 Å². The molecule has 2 aliphatic carbocycles. The van der Waals surface area contributed by atoms with E-state index in [0.717, 1.165) is 12.2 Å². The molecule has 1 nitrogen and oxygen atoms in total. The molecule has 0 aromatic heterocycles. The predicted octanol–water partition coefficient (Wildman–Crippen LogP) is 4.49. The Balaban J connectivity index is 0.00000132. The first-order valence-corrected chi connectivity index (χ1v) is 6.93. The minimum Gasteiger partial charge on any atom is -0.497 e. The van der Waals surface area contributed by atoms with Gasteiger partial charge in [0.25, 0.3) is 0 Å². The molecule has 2 aromatic rings. The van der Waals surface area contributed by atoms with Gasteiger partial charge in [-0.05, 0) is 34.4 Å². The van der Waals surface area contributed by atoms with E-state index in [-0.39, 0.29) is 26.2 Å². The van der Waals surface area contributed by atoms with E-state index >= 15 is 0 Å². The number of hydrogen-bond acceptors (Lipinski definition) is 1. The zero-order valence-electron chi connectivity index (χ0n) is 11.9. The van der Waals surface area contributed by atoms with E-state index < -0.39 is 0 Å². The fourth-order valence-electron chi connectivity index (χ4n) is 3.26. The van der Waals surface area contributed by atoms with Crippen molar-refractivity contribution in [2.75, 3.05) is 7.11 Å². The largest absolute Gasteiger partial charge is 0.497 e. The van der Waals surface area contributed by atoms with Gasteiger partial charge < -0.3 is 4.74 Å². The maximum absolute atomic E-state index is 5.38. The second kappa shape index (κ2) is 5.77. The Labute approximate surface area is 144 Å². The quantitative estimate of drug-likeness (QED) is 0.725. The third kappa shape index (κ3) is 2.26. The predicted molar refractivity (Wildman–Crippen MR) is 80.8 cm³/mol. The van der Waals surface area contributed by atoms with Crippen molar-refractivity contribution in [3.05, 3.63) is 77.4 Å². The van der Waals surface area contributed by atoms with E-state index in [9.17, 15) is 0 Å². The molecule has 4 rings (SSSR count). The van der Waals surface area contributed by atoms with E-state index in [1.165, 1.54) is 27.8 Å². The fraction of sp³-hybridized carbons (Fsp3) is 0.158. The summed E-state index contributed by atoms with van der Waals surface area (Å²) in [6.45, 7) is 0. The number of ether oxygens (including phenoxy) is 1. The van der Waals surface area contributed by atoms with Crippen molar-refractivity contribution in [3.8, 4) is 16.9 Å². The Kier molecular flexibility index (Phi) is 4.00. The van der Waals surface area contributed by atoms with Crippen LogP contribution in [0.4, 0.5) is 0 Å². The average Bonchev–Trinajstić information content (AvgIpc) is 3.11. The minimum atomic E-state index is 0. The van der Waals surface area contributed by atoms with E-state index in [0.29, 0.717) is 5.92 Å². The van der Waals surface area contributed by atoms with E-state index in [1.54, 1.807) is 7.11 Å². The van der Waals surface area contributed by atoms with Gasteiger partial charge in [0.2, 0.25) is 0 Å². The van der Waals surface area contributed by atoms with Crippen LogP contribution >= 0.6 is 0 Å². The van der Waals surface area contributed by atoms with Gasteiger partial charge in [0, 0.05) is 32.1 Å². The smallest absolute Gasteiger partial charge is 0.119 e. The molecular formula is C19H15OZr-. The average molecular weight is 351 g/mol. The van der Waals surface area contributed by atoms with Crippen molar-refractivity contribution in [3.63, 3.8) is 0 Å². The number of benzene rings is 2. The summed E-state index contributed by atoms with van der Waals surface area (Å²) in [5.41, 5.74) is 6.65. The van der Waals surface area contributed by atoms with Crippen molar-refractivity contribution in [2.45, 2.75) is 12.3 Å². The van der Waals surface area contributed by atoms with Crippen molar-refractivity contribution in [2.24, 2.45) is 0 Å². The van der Waals surface area contributed by atoms with Gasteiger partial charge in [0.05, 0.1) is 7.11 Å². The van der Waals surface area contributed by atoms with Crippen molar-refractivity contribution in [1.29, 1.82) is 0 Å². The number of fused-ring (bicyclic) bond motifs is 3. The summed E-state index contributed by atoms with van der Waals surface area (Å²) in [7, 11) is 1.72. The fourth-order valence-corrected chi connectivity index (χ4v) is 3.26. The van der Waals surface area contributed by atoms with E-state index in [2.05, 4.69) is 60.7 Å². The summed E-state index contributed by atoms with van der Waals surface area (Å²) < 4.78 is 5.38. The maximum Gasteiger partial charge on any atom is 0.119 e. The molecule has 0 bridgehead atoms. The van der Waals surface area contributed by atoms with E-state index in [1.807, 2.05) is 0 Å². The van der Waals surface area contributed by atoms with Gasteiger partial charge in [0.1, 0.15) is 5.75 Å². The van der Waals surface area contributed by atoms with Gasteiger partial charge in [-0.25, -0.2) is 11.6 Å². The van der Waals surface area contributed by atoms with Crippen LogP contribution in [0.15, 0.2) is 60.2 Å². The molecule has 1 atom stereocenters. The monoisotopic (exact) mass is 349 g/mol. The van der Waals surface area contributed by atoms with Crippen molar-refractivity contribution in [1.82, 2.24) is 0 Å². The second-order valence-corrected chi connectivity index (χ2v) is 5.21. The van der Waals surface area contributed by atoms with Crippen LogP contribution in [0.3, 0.4) is 0 Å². The summed E-state index contributed by atoms with van der Waals surface area (Å²) in [5.74, 6) is 1.24. The van der Waals surface area contributed by atoms with E-state index in [4.69, 9.17) is 4.74 Å². The summed E-state index contributed by atoms with van der Waals surface area (Å²) in [6.07, 6.45) is 8.80. The summed E-state index contributed by atoms with van der Waals surface area (Å²) in [4.78, 5) is 0. The van der Waals surface area contributed by atoms with Crippen LogP contribution in [0.1, 0.15) is 23.5 Å². The molecule has 0 N–H and O–H groups in total. The van der Waals surface area contributed by atoms with Gasteiger partial charge in [-0.15, -0.1) is 6.42 Å². The minimum absolute atomic E-state index is 0. The van der Waals surface area contributed by atoms with Gasteiger partial charge in [-0.2, -0.15) is 6.08 Å². The van der Waals surface area contributed by atoms with Gasteiger partial charge in [0.15, 0.2) is 0 Å². The van der Waals surface area contributed by atoms with Crippen LogP contribution in [0.2, 0.25) is 0 Å². The maximum atomic E-state index is 5.38. The zero-order valence-corrected chi connectivity index (χ0v) is 14.3. The van der Waals surface area contributed by atoms with Crippen LogP contribution in [0.5, 0.6) is 5.75 Å². The first kappa shape index (κ1) is 14.5. The van der Waals surface area contributed by atoms with Crippen LogP contribution in [0.25, 0.3) is 11.1 Å². The number of rotatable bonds is 2. The topological polar surface area (TPSA) is 9.23 Å². The molecule has 2 aliphatic rings. The van der Waals surface area contributed by atoms with Gasteiger partial charge in [-0.1, -0.05) is 30.3 Å². The molecule has 102 valence electrons. The van der Waals surface area contributed by atoms with Crippen LogP contribution < -0.4 is 4.74 Å². The molecule has 0 saturated heterocycles. The first-order chi connectivity index (χ1) is 9.88. The Hall–Kier alpha value is -1.40. The van der Waals surface area contributed by atoms with Crippen molar-refractivity contribution < 1.29 is 30.9 Å². The van der Waals surface area contributed by atoms with Crippen molar-refractivity contribution >= 4 is 0 Å². The summed E-state index contributed by atoms with van der Waals surface area (Å²) in [6, 6.07) is 15.0. The summed E-state index contributed by atoms with van der Waals surface area (Å²) in [5, 5.41) is 0. The molecule has 2 heteroatoms. The molecule has 0 fully saturated rings.